The number of ether oxygens (including phenoxy) is 1. The van der Waals surface area contributed by atoms with Gasteiger partial charge in [-0.25, -0.2) is 0 Å². The van der Waals surface area contributed by atoms with E-state index < -0.39 is 0 Å². The van der Waals surface area contributed by atoms with E-state index in [1.807, 2.05) is 24.3 Å². The Morgan fingerprint density at radius 1 is 1.11 bits per heavy atom. The minimum absolute atomic E-state index is 0.0491. The fourth-order valence-electron chi connectivity index (χ4n) is 2.46. The highest BCUT2D eigenvalue weighted by Gasteiger charge is 2.22. The first kappa shape index (κ1) is 13.1. The molecule has 2 nitrogen and oxygen atoms in total. The topological polar surface area (TPSA) is 26.3 Å². The average molecular weight is 246 g/mol. The van der Waals surface area contributed by atoms with Gasteiger partial charge >= 0.3 is 5.97 Å². The van der Waals surface area contributed by atoms with Gasteiger partial charge in [0.15, 0.2) is 0 Å². The van der Waals surface area contributed by atoms with Crippen molar-refractivity contribution in [1.82, 2.24) is 0 Å². The third-order valence-corrected chi connectivity index (χ3v) is 3.70. The molecule has 0 unspecified atom stereocenters. The van der Waals surface area contributed by atoms with E-state index in [2.05, 4.69) is 13.8 Å². The van der Waals surface area contributed by atoms with E-state index in [4.69, 9.17) is 4.74 Å². The van der Waals surface area contributed by atoms with Gasteiger partial charge in [0.1, 0.15) is 5.75 Å². The Morgan fingerprint density at radius 2 is 1.72 bits per heavy atom. The summed E-state index contributed by atoms with van der Waals surface area (Å²) in [5, 5.41) is 0. The van der Waals surface area contributed by atoms with Crippen LogP contribution in [0.3, 0.4) is 0 Å². The van der Waals surface area contributed by atoms with Crippen LogP contribution < -0.4 is 4.74 Å². The molecule has 98 valence electrons. The van der Waals surface area contributed by atoms with Crippen LogP contribution in [0.15, 0.2) is 24.3 Å². The highest BCUT2D eigenvalue weighted by Crippen LogP contribution is 2.26. The molecular formula is C16H22O2. The molecule has 1 saturated carbocycles. The second kappa shape index (κ2) is 6.03. The van der Waals surface area contributed by atoms with Crippen LogP contribution in [-0.4, -0.2) is 5.97 Å². The van der Waals surface area contributed by atoms with Crippen LogP contribution in [0.5, 0.6) is 5.75 Å². The quantitative estimate of drug-likeness (QED) is 0.587. The summed E-state index contributed by atoms with van der Waals surface area (Å²) in [6.07, 6.45) is 5.55. The lowest BCUT2D eigenvalue weighted by molar-refractivity contribution is -0.139. The van der Waals surface area contributed by atoms with Crippen LogP contribution in [0.2, 0.25) is 0 Å². The third kappa shape index (κ3) is 3.34. The van der Waals surface area contributed by atoms with Crippen LogP contribution in [0.25, 0.3) is 0 Å². The first-order valence-corrected chi connectivity index (χ1v) is 6.98. The molecule has 2 rings (SSSR count). The van der Waals surface area contributed by atoms with Crippen LogP contribution >= 0.6 is 0 Å². The minimum Gasteiger partial charge on any atom is -0.426 e. The Bertz CT molecular complexity index is 386. The molecule has 2 heteroatoms. The Morgan fingerprint density at radius 3 is 2.28 bits per heavy atom. The predicted molar refractivity (Wildman–Crippen MR) is 72.7 cm³/mol. The zero-order chi connectivity index (χ0) is 13.0. The molecule has 0 bridgehead atoms. The fraction of sp³-hybridized carbons (Fsp3) is 0.562. The molecule has 1 aliphatic rings. The minimum atomic E-state index is -0.0491. The van der Waals surface area contributed by atoms with Crippen molar-refractivity contribution in [2.75, 3.05) is 0 Å². The maximum absolute atomic E-state index is 12.0. The molecule has 0 radical (unpaired) electrons. The number of carbonyl (C=O) groups excluding carboxylic acids is 1. The lowest BCUT2D eigenvalue weighted by atomic mass is 9.89. The molecule has 0 spiro atoms. The summed E-state index contributed by atoms with van der Waals surface area (Å²) in [5.41, 5.74) is 1.27. The number of carbonyl (C=O) groups is 1. The van der Waals surface area contributed by atoms with Crippen molar-refractivity contribution in [3.8, 4) is 5.75 Å². The predicted octanol–water partition coefficient (Wildman–Crippen LogP) is 4.30. The first-order chi connectivity index (χ1) is 8.66. The molecule has 0 atom stereocenters. The summed E-state index contributed by atoms with van der Waals surface area (Å²) < 4.78 is 5.45. The maximum atomic E-state index is 12.0. The Hall–Kier alpha value is -1.31. The molecule has 1 fully saturated rings. The Labute approximate surface area is 109 Å². The second-order valence-corrected chi connectivity index (χ2v) is 5.48. The number of hydrogen-bond acceptors (Lipinski definition) is 2. The third-order valence-electron chi connectivity index (χ3n) is 3.70. The van der Waals surface area contributed by atoms with E-state index in [0.29, 0.717) is 11.7 Å². The van der Waals surface area contributed by atoms with Gasteiger partial charge in [-0.05, 0) is 36.5 Å². The van der Waals surface area contributed by atoms with Crippen LogP contribution in [-0.2, 0) is 4.79 Å². The van der Waals surface area contributed by atoms with E-state index in [0.717, 1.165) is 25.7 Å². The van der Waals surface area contributed by atoms with Gasteiger partial charge in [0.05, 0.1) is 5.92 Å². The molecule has 1 aliphatic carbocycles. The lowest BCUT2D eigenvalue weighted by Gasteiger charge is -2.19. The van der Waals surface area contributed by atoms with Crippen molar-refractivity contribution in [2.45, 2.75) is 51.9 Å². The number of benzene rings is 1. The zero-order valence-electron chi connectivity index (χ0n) is 11.3. The smallest absolute Gasteiger partial charge is 0.314 e. The normalized spacial score (nSPS) is 16.8. The van der Waals surface area contributed by atoms with Crippen molar-refractivity contribution in [1.29, 1.82) is 0 Å². The van der Waals surface area contributed by atoms with Gasteiger partial charge in [-0.2, -0.15) is 0 Å². The van der Waals surface area contributed by atoms with Crippen molar-refractivity contribution in [3.63, 3.8) is 0 Å². The summed E-state index contributed by atoms with van der Waals surface area (Å²) in [6.45, 7) is 4.31. The molecule has 0 heterocycles. The van der Waals surface area contributed by atoms with E-state index in [1.165, 1.54) is 12.0 Å². The summed E-state index contributed by atoms with van der Waals surface area (Å²) >= 11 is 0. The molecule has 18 heavy (non-hydrogen) atoms. The van der Waals surface area contributed by atoms with Gasteiger partial charge in [0, 0.05) is 0 Å². The summed E-state index contributed by atoms with van der Waals surface area (Å²) in [5.74, 6) is 1.25. The fourth-order valence-corrected chi connectivity index (χ4v) is 2.46. The highest BCUT2D eigenvalue weighted by molar-refractivity contribution is 5.75. The molecule has 0 N–H and O–H groups in total. The summed E-state index contributed by atoms with van der Waals surface area (Å²) in [7, 11) is 0. The van der Waals surface area contributed by atoms with Gasteiger partial charge < -0.3 is 4.74 Å². The van der Waals surface area contributed by atoms with Crippen LogP contribution in [0.4, 0.5) is 0 Å². The molecule has 0 amide bonds. The van der Waals surface area contributed by atoms with E-state index >= 15 is 0 Å². The van der Waals surface area contributed by atoms with Crippen molar-refractivity contribution >= 4 is 5.97 Å². The van der Waals surface area contributed by atoms with Crippen LogP contribution in [0, 0.1) is 5.92 Å². The molecular weight excluding hydrogens is 224 g/mol. The zero-order valence-corrected chi connectivity index (χ0v) is 11.3. The van der Waals surface area contributed by atoms with E-state index in [-0.39, 0.29) is 11.9 Å². The Balaban J connectivity index is 1.94. The molecule has 0 aliphatic heterocycles. The number of esters is 1. The number of rotatable bonds is 3. The van der Waals surface area contributed by atoms with Gasteiger partial charge in [0.2, 0.25) is 0 Å². The molecule has 0 aromatic heterocycles. The van der Waals surface area contributed by atoms with Crippen molar-refractivity contribution in [2.24, 2.45) is 5.92 Å². The lowest BCUT2D eigenvalue weighted by Crippen LogP contribution is -2.22. The molecule has 1 aromatic rings. The first-order valence-electron chi connectivity index (χ1n) is 6.98. The number of hydrogen-bond donors (Lipinski definition) is 0. The summed E-state index contributed by atoms with van der Waals surface area (Å²) in [4.78, 5) is 12.0. The second-order valence-electron chi connectivity index (χ2n) is 5.48. The Kier molecular flexibility index (Phi) is 4.40. The highest BCUT2D eigenvalue weighted by atomic mass is 16.5. The SMILES string of the molecule is CC(C)c1ccc(OC(=O)C2CCCCC2)cc1. The van der Waals surface area contributed by atoms with Gasteiger partial charge in [0.25, 0.3) is 0 Å². The average Bonchev–Trinajstić information content (AvgIpc) is 2.40. The molecule has 0 saturated heterocycles. The van der Waals surface area contributed by atoms with E-state index in [1.54, 1.807) is 0 Å². The van der Waals surface area contributed by atoms with E-state index in [9.17, 15) is 4.79 Å². The standard InChI is InChI=1S/C16H22O2/c1-12(2)13-8-10-15(11-9-13)18-16(17)14-6-4-3-5-7-14/h8-12,14H,3-7H2,1-2H3. The maximum Gasteiger partial charge on any atom is 0.314 e. The van der Waals surface area contributed by atoms with Gasteiger partial charge in [-0.1, -0.05) is 45.2 Å². The van der Waals surface area contributed by atoms with Gasteiger partial charge in [-0.3, -0.25) is 4.79 Å². The largest absolute Gasteiger partial charge is 0.426 e. The summed E-state index contributed by atoms with van der Waals surface area (Å²) in [6, 6.07) is 7.87. The van der Waals surface area contributed by atoms with Gasteiger partial charge in [-0.15, -0.1) is 0 Å². The van der Waals surface area contributed by atoms with Crippen molar-refractivity contribution in [3.05, 3.63) is 29.8 Å². The monoisotopic (exact) mass is 246 g/mol. The molecule has 1 aromatic carbocycles. The van der Waals surface area contributed by atoms with Crippen molar-refractivity contribution < 1.29 is 9.53 Å². The van der Waals surface area contributed by atoms with Crippen LogP contribution in [0.1, 0.15) is 57.4 Å².